The van der Waals surface area contributed by atoms with Gasteiger partial charge in [-0.3, -0.25) is 0 Å². The summed E-state index contributed by atoms with van der Waals surface area (Å²) in [5.41, 5.74) is 1.39. The summed E-state index contributed by atoms with van der Waals surface area (Å²) >= 11 is 9.23. The quantitative estimate of drug-likeness (QED) is 0.819. The van der Waals surface area contributed by atoms with Crippen LogP contribution in [0.3, 0.4) is 0 Å². The molecule has 106 valence electrons. The molecule has 2 rings (SSSR count). The zero-order chi connectivity index (χ0) is 14.7. The molecule has 5 heteroatoms. The first-order chi connectivity index (χ1) is 9.51. The lowest BCUT2D eigenvalue weighted by Crippen LogP contribution is -2.20. The maximum Gasteiger partial charge on any atom is 0.126 e. The van der Waals surface area contributed by atoms with Crippen molar-refractivity contribution >= 4 is 27.5 Å². The van der Waals surface area contributed by atoms with Crippen LogP contribution in [0.15, 0.2) is 40.9 Å². The Kier molecular flexibility index (Phi) is 5.13. The lowest BCUT2D eigenvalue weighted by Gasteiger charge is -2.19. The molecular weight excluding hydrogens is 348 g/mol. The molecule has 1 nitrogen and oxygen atoms in total. The van der Waals surface area contributed by atoms with Crippen LogP contribution in [0.1, 0.15) is 17.2 Å². The highest BCUT2D eigenvalue weighted by molar-refractivity contribution is 9.10. The first-order valence-electron chi connectivity index (χ1n) is 6.07. The number of hydrogen-bond donors (Lipinski definition) is 1. The molecule has 0 aromatic heterocycles. The largest absolute Gasteiger partial charge is 0.313 e. The van der Waals surface area contributed by atoms with Gasteiger partial charge in [0.25, 0.3) is 0 Å². The van der Waals surface area contributed by atoms with E-state index < -0.39 is 0 Å². The van der Waals surface area contributed by atoms with Crippen molar-refractivity contribution in [2.75, 3.05) is 7.05 Å². The van der Waals surface area contributed by atoms with Crippen molar-refractivity contribution < 1.29 is 8.78 Å². The summed E-state index contributed by atoms with van der Waals surface area (Å²) in [5, 5.41) is 3.61. The Hall–Kier alpha value is -0.970. The molecular formula is C15H13BrClF2N. The van der Waals surface area contributed by atoms with Crippen LogP contribution in [0.2, 0.25) is 5.02 Å². The lowest BCUT2D eigenvalue weighted by molar-refractivity contribution is 0.551. The predicted molar refractivity (Wildman–Crippen MR) is 81.0 cm³/mol. The van der Waals surface area contributed by atoms with Gasteiger partial charge < -0.3 is 5.32 Å². The third-order valence-electron chi connectivity index (χ3n) is 3.12. The highest BCUT2D eigenvalue weighted by Gasteiger charge is 2.16. The summed E-state index contributed by atoms with van der Waals surface area (Å²) in [6.45, 7) is 0. The maximum atomic E-state index is 13.8. The first kappa shape index (κ1) is 15.4. The van der Waals surface area contributed by atoms with E-state index >= 15 is 0 Å². The van der Waals surface area contributed by atoms with Gasteiger partial charge in [-0.25, -0.2) is 8.78 Å². The van der Waals surface area contributed by atoms with E-state index in [0.29, 0.717) is 21.5 Å². The van der Waals surface area contributed by atoms with Crippen LogP contribution >= 0.6 is 27.5 Å². The molecule has 0 spiro atoms. The van der Waals surface area contributed by atoms with E-state index in [0.717, 1.165) is 5.56 Å². The van der Waals surface area contributed by atoms with Crippen LogP contribution in [-0.2, 0) is 6.42 Å². The second-order valence-electron chi connectivity index (χ2n) is 4.45. The normalized spacial score (nSPS) is 12.4. The highest BCUT2D eigenvalue weighted by atomic mass is 79.9. The lowest BCUT2D eigenvalue weighted by atomic mass is 9.98. The Labute approximate surface area is 130 Å². The van der Waals surface area contributed by atoms with Crippen LogP contribution < -0.4 is 5.32 Å². The first-order valence-corrected chi connectivity index (χ1v) is 7.24. The third kappa shape index (κ3) is 3.57. The summed E-state index contributed by atoms with van der Waals surface area (Å²) in [6, 6.07) is 8.80. The van der Waals surface area contributed by atoms with E-state index in [2.05, 4.69) is 21.2 Å². The average molecular weight is 361 g/mol. The highest BCUT2D eigenvalue weighted by Crippen LogP contribution is 2.28. The Morgan fingerprint density at radius 1 is 1.20 bits per heavy atom. The minimum absolute atomic E-state index is 0.141. The fraction of sp³-hybridized carbons (Fsp3) is 0.200. The van der Waals surface area contributed by atoms with E-state index in [4.69, 9.17) is 11.6 Å². The van der Waals surface area contributed by atoms with E-state index in [9.17, 15) is 8.78 Å². The van der Waals surface area contributed by atoms with Crippen LogP contribution in [0.25, 0.3) is 0 Å². The molecule has 0 saturated heterocycles. The molecule has 1 unspecified atom stereocenters. The second kappa shape index (κ2) is 6.66. The zero-order valence-electron chi connectivity index (χ0n) is 10.8. The predicted octanol–water partition coefficient (Wildman–Crippen LogP) is 4.88. The molecule has 0 aliphatic rings. The molecule has 0 aliphatic heterocycles. The fourth-order valence-electron chi connectivity index (χ4n) is 2.07. The van der Waals surface area contributed by atoms with Crippen molar-refractivity contribution in [2.45, 2.75) is 12.5 Å². The van der Waals surface area contributed by atoms with Gasteiger partial charge in [0.15, 0.2) is 0 Å². The van der Waals surface area contributed by atoms with E-state index in [-0.39, 0.29) is 17.7 Å². The van der Waals surface area contributed by atoms with Gasteiger partial charge in [-0.1, -0.05) is 33.6 Å². The van der Waals surface area contributed by atoms with Crippen molar-refractivity contribution in [3.63, 3.8) is 0 Å². The monoisotopic (exact) mass is 359 g/mol. The summed E-state index contributed by atoms with van der Waals surface area (Å²) < 4.78 is 27.6. The van der Waals surface area contributed by atoms with Gasteiger partial charge in [-0.05, 0) is 54.9 Å². The van der Waals surface area contributed by atoms with Gasteiger partial charge in [0.2, 0.25) is 0 Å². The van der Waals surface area contributed by atoms with E-state index in [1.165, 1.54) is 24.3 Å². The van der Waals surface area contributed by atoms with Crippen molar-refractivity contribution in [3.05, 3.63) is 68.7 Å². The number of likely N-dealkylation sites (N-methyl/N-ethyl adjacent to an activating group) is 1. The van der Waals surface area contributed by atoms with Crippen molar-refractivity contribution in [2.24, 2.45) is 0 Å². The Morgan fingerprint density at radius 2 is 1.95 bits per heavy atom. The van der Waals surface area contributed by atoms with E-state index in [1.54, 1.807) is 19.2 Å². The van der Waals surface area contributed by atoms with Gasteiger partial charge in [0.05, 0.1) is 0 Å². The Balaban J connectivity index is 2.31. The van der Waals surface area contributed by atoms with E-state index in [1.807, 2.05) is 0 Å². The maximum absolute atomic E-state index is 13.8. The molecule has 0 aliphatic carbocycles. The minimum Gasteiger partial charge on any atom is -0.313 e. The van der Waals surface area contributed by atoms with Gasteiger partial charge in [-0.15, -0.1) is 0 Å². The van der Waals surface area contributed by atoms with Gasteiger partial charge in [0.1, 0.15) is 11.6 Å². The second-order valence-corrected chi connectivity index (χ2v) is 5.74. The Bertz CT molecular complexity index is 619. The van der Waals surface area contributed by atoms with Crippen LogP contribution in [0.4, 0.5) is 8.78 Å². The van der Waals surface area contributed by atoms with Gasteiger partial charge in [-0.2, -0.15) is 0 Å². The number of rotatable bonds is 4. The summed E-state index contributed by atoms with van der Waals surface area (Å²) in [4.78, 5) is 0. The third-order valence-corrected chi connectivity index (χ3v) is 4.04. The number of nitrogens with one attached hydrogen (secondary N) is 1. The SMILES string of the molecule is CNC(Cc1cc(Cl)ccc1F)c1ccc(F)cc1Br. The molecule has 0 radical (unpaired) electrons. The molecule has 0 saturated carbocycles. The summed E-state index contributed by atoms with van der Waals surface area (Å²) in [5.74, 6) is -0.614. The molecule has 0 amide bonds. The van der Waals surface area contributed by atoms with Crippen molar-refractivity contribution in [1.29, 1.82) is 0 Å². The summed E-state index contributed by atoms with van der Waals surface area (Å²) in [7, 11) is 1.78. The van der Waals surface area contributed by atoms with Crippen molar-refractivity contribution in [3.8, 4) is 0 Å². The topological polar surface area (TPSA) is 12.0 Å². The Morgan fingerprint density at radius 3 is 2.60 bits per heavy atom. The van der Waals surface area contributed by atoms with Gasteiger partial charge in [0, 0.05) is 15.5 Å². The number of hydrogen-bond acceptors (Lipinski definition) is 1. The molecule has 1 atom stereocenters. The molecule has 20 heavy (non-hydrogen) atoms. The van der Waals surface area contributed by atoms with Crippen molar-refractivity contribution in [1.82, 2.24) is 5.32 Å². The van der Waals surface area contributed by atoms with Crippen LogP contribution in [-0.4, -0.2) is 7.05 Å². The van der Waals surface area contributed by atoms with Crippen LogP contribution in [0.5, 0.6) is 0 Å². The molecule has 1 N–H and O–H groups in total. The molecule has 2 aromatic carbocycles. The summed E-state index contributed by atoms with van der Waals surface area (Å²) in [6.07, 6.45) is 0.424. The zero-order valence-corrected chi connectivity index (χ0v) is 13.1. The average Bonchev–Trinajstić information content (AvgIpc) is 2.40. The standard InChI is InChI=1S/C15H13BrClF2N/c1-20-15(12-4-3-11(18)8-13(12)16)7-9-6-10(17)2-5-14(9)19/h2-6,8,15,20H,7H2,1H3. The molecule has 0 fully saturated rings. The smallest absolute Gasteiger partial charge is 0.126 e. The van der Waals surface area contributed by atoms with Gasteiger partial charge >= 0.3 is 0 Å². The number of benzene rings is 2. The number of halogens is 4. The molecule has 2 aromatic rings. The minimum atomic E-state index is -0.315. The molecule has 0 bridgehead atoms. The fourth-order valence-corrected chi connectivity index (χ4v) is 2.89. The molecule has 0 heterocycles. The van der Waals surface area contributed by atoms with Crippen LogP contribution in [0, 0.1) is 11.6 Å².